The van der Waals surface area contributed by atoms with Crippen LogP contribution in [0.5, 0.6) is 0 Å². The molecule has 108 valence electrons. The summed E-state index contributed by atoms with van der Waals surface area (Å²) in [6.45, 7) is 9.91. The molecule has 1 aromatic rings. The van der Waals surface area contributed by atoms with Crippen molar-refractivity contribution in [3.63, 3.8) is 0 Å². The summed E-state index contributed by atoms with van der Waals surface area (Å²) in [6, 6.07) is 0. The molecule has 1 saturated heterocycles. The Labute approximate surface area is 113 Å². The number of nitrogens with zero attached hydrogens (tertiary/aromatic N) is 2. The van der Waals surface area contributed by atoms with Crippen LogP contribution in [0.25, 0.3) is 0 Å². The van der Waals surface area contributed by atoms with E-state index in [0.29, 0.717) is 25.4 Å². The van der Waals surface area contributed by atoms with Crippen LogP contribution in [0.2, 0.25) is 0 Å². The third-order valence-corrected chi connectivity index (χ3v) is 3.33. The van der Waals surface area contributed by atoms with E-state index in [-0.39, 0.29) is 17.4 Å². The summed E-state index contributed by atoms with van der Waals surface area (Å²) in [5, 5.41) is 17.5. The van der Waals surface area contributed by atoms with Gasteiger partial charge in [-0.25, -0.2) is 0 Å². The maximum absolute atomic E-state index is 10.4. The Morgan fingerprint density at radius 3 is 2.79 bits per heavy atom. The predicted molar refractivity (Wildman–Crippen MR) is 69.5 cm³/mol. The number of aliphatic hydroxyl groups is 1. The van der Waals surface area contributed by atoms with Crippen LogP contribution in [0.4, 0.5) is 0 Å². The first kappa shape index (κ1) is 14.4. The minimum absolute atomic E-state index is 0.131. The maximum atomic E-state index is 10.4. The monoisotopic (exact) mass is 269 g/mol. The normalized spacial score (nSPS) is 25.7. The molecular formula is C13H23N3O3. The summed E-state index contributed by atoms with van der Waals surface area (Å²) in [5.41, 5.74) is -1.17. The molecule has 1 fully saturated rings. The molecule has 2 rings (SSSR count). The van der Waals surface area contributed by atoms with Crippen molar-refractivity contribution in [1.82, 2.24) is 15.5 Å². The highest BCUT2D eigenvalue weighted by atomic mass is 16.5. The lowest BCUT2D eigenvalue weighted by molar-refractivity contribution is -0.0203. The van der Waals surface area contributed by atoms with E-state index in [2.05, 4.69) is 36.2 Å². The first-order valence-electron chi connectivity index (χ1n) is 6.75. The third-order valence-electron chi connectivity index (χ3n) is 3.33. The average molecular weight is 269 g/mol. The van der Waals surface area contributed by atoms with E-state index in [0.717, 1.165) is 6.54 Å². The van der Waals surface area contributed by atoms with E-state index in [4.69, 9.17) is 9.26 Å². The third kappa shape index (κ3) is 2.96. The lowest BCUT2D eigenvalue weighted by Crippen LogP contribution is -2.29. The van der Waals surface area contributed by atoms with Crippen LogP contribution in [0.3, 0.4) is 0 Å². The van der Waals surface area contributed by atoms with E-state index >= 15 is 0 Å². The predicted octanol–water partition coefficient (Wildman–Crippen LogP) is 1.37. The average Bonchev–Trinajstić information content (AvgIpc) is 2.93. The zero-order valence-corrected chi connectivity index (χ0v) is 12.1. The topological polar surface area (TPSA) is 80.4 Å². The molecule has 0 spiro atoms. The van der Waals surface area contributed by atoms with Gasteiger partial charge in [0.15, 0.2) is 5.60 Å². The smallest absolute Gasteiger partial charge is 0.260 e. The minimum atomic E-state index is -1.04. The van der Waals surface area contributed by atoms with Crippen LogP contribution in [-0.4, -0.2) is 34.9 Å². The number of β-amino-alcohol motifs (C(OH)–C–C–N with tert-alkyl or cyclic N) is 1. The maximum Gasteiger partial charge on any atom is 0.260 e. The van der Waals surface area contributed by atoms with Gasteiger partial charge >= 0.3 is 0 Å². The summed E-state index contributed by atoms with van der Waals surface area (Å²) in [4.78, 5) is 4.36. The largest absolute Gasteiger partial charge is 0.379 e. The van der Waals surface area contributed by atoms with Crippen molar-refractivity contribution >= 4 is 0 Å². The van der Waals surface area contributed by atoms with Gasteiger partial charge in [-0.05, 0) is 25.3 Å². The lowest BCUT2D eigenvalue weighted by atomic mass is 9.88. The van der Waals surface area contributed by atoms with Crippen molar-refractivity contribution in [1.29, 1.82) is 0 Å². The summed E-state index contributed by atoms with van der Waals surface area (Å²) < 4.78 is 11.0. The van der Waals surface area contributed by atoms with Crippen molar-refractivity contribution in [2.45, 2.75) is 45.8 Å². The van der Waals surface area contributed by atoms with Gasteiger partial charge in [0.05, 0.1) is 0 Å². The Balaban J connectivity index is 2.23. The second-order valence-corrected chi connectivity index (χ2v) is 6.12. The van der Waals surface area contributed by atoms with Gasteiger partial charge in [0.25, 0.3) is 5.89 Å². The minimum Gasteiger partial charge on any atom is -0.379 e. The van der Waals surface area contributed by atoms with Gasteiger partial charge in [-0.1, -0.05) is 25.9 Å². The molecule has 0 amide bonds. The lowest BCUT2D eigenvalue weighted by Gasteiger charge is -2.27. The van der Waals surface area contributed by atoms with Crippen molar-refractivity contribution in [3.8, 4) is 0 Å². The number of hydrogen-bond acceptors (Lipinski definition) is 6. The van der Waals surface area contributed by atoms with Crippen LogP contribution in [0.15, 0.2) is 4.52 Å². The molecule has 6 heteroatoms. The Morgan fingerprint density at radius 2 is 2.26 bits per heavy atom. The SMILES string of the molecule is CCOC(c1noc(C2(O)CCNC2)n1)C(C)(C)C. The summed E-state index contributed by atoms with van der Waals surface area (Å²) in [6.07, 6.45) is 0.344. The van der Waals surface area contributed by atoms with Crippen LogP contribution in [-0.2, 0) is 10.3 Å². The zero-order valence-electron chi connectivity index (χ0n) is 12.1. The molecule has 2 heterocycles. The molecule has 1 aromatic heterocycles. The molecule has 0 radical (unpaired) electrons. The fourth-order valence-electron chi connectivity index (χ4n) is 2.27. The fourth-order valence-corrected chi connectivity index (χ4v) is 2.27. The number of nitrogens with one attached hydrogen (secondary N) is 1. The number of ether oxygens (including phenoxy) is 1. The molecule has 2 N–H and O–H groups in total. The first-order chi connectivity index (χ1) is 8.87. The molecule has 0 bridgehead atoms. The molecule has 0 saturated carbocycles. The van der Waals surface area contributed by atoms with Crippen molar-refractivity contribution in [2.24, 2.45) is 5.41 Å². The van der Waals surface area contributed by atoms with Gasteiger partial charge < -0.3 is 19.7 Å². The second-order valence-electron chi connectivity index (χ2n) is 6.12. The van der Waals surface area contributed by atoms with Crippen LogP contribution in [0.1, 0.15) is 51.9 Å². The highest BCUT2D eigenvalue weighted by molar-refractivity contribution is 5.05. The zero-order chi connectivity index (χ0) is 14.1. The van der Waals surface area contributed by atoms with E-state index in [9.17, 15) is 5.11 Å². The van der Waals surface area contributed by atoms with E-state index < -0.39 is 5.60 Å². The highest BCUT2D eigenvalue weighted by Gasteiger charge is 2.40. The van der Waals surface area contributed by atoms with Gasteiger partial charge in [-0.2, -0.15) is 4.98 Å². The van der Waals surface area contributed by atoms with E-state index in [1.807, 2.05) is 6.92 Å². The quantitative estimate of drug-likeness (QED) is 0.859. The number of hydrogen-bond donors (Lipinski definition) is 2. The summed E-state index contributed by atoms with van der Waals surface area (Å²) >= 11 is 0. The number of rotatable bonds is 4. The van der Waals surface area contributed by atoms with E-state index in [1.54, 1.807) is 0 Å². The van der Waals surface area contributed by atoms with Crippen molar-refractivity contribution in [2.75, 3.05) is 19.7 Å². The van der Waals surface area contributed by atoms with Gasteiger partial charge in [-0.15, -0.1) is 0 Å². The van der Waals surface area contributed by atoms with Crippen molar-refractivity contribution in [3.05, 3.63) is 11.7 Å². The summed E-state index contributed by atoms with van der Waals surface area (Å²) in [7, 11) is 0. The molecule has 2 atom stereocenters. The number of aromatic nitrogens is 2. The first-order valence-corrected chi connectivity index (χ1v) is 6.75. The van der Waals surface area contributed by atoms with Gasteiger partial charge in [-0.3, -0.25) is 0 Å². The van der Waals surface area contributed by atoms with Crippen LogP contribution >= 0.6 is 0 Å². The highest BCUT2D eigenvalue weighted by Crippen LogP contribution is 2.36. The van der Waals surface area contributed by atoms with Gasteiger partial charge in [0, 0.05) is 13.2 Å². The Kier molecular flexibility index (Phi) is 3.94. The fraction of sp³-hybridized carbons (Fsp3) is 0.846. The Morgan fingerprint density at radius 1 is 1.53 bits per heavy atom. The molecule has 19 heavy (non-hydrogen) atoms. The Bertz CT molecular complexity index is 419. The standard InChI is InChI=1S/C13H23N3O3/c1-5-18-9(12(2,3)4)10-15-11(19-16-10)13(17)6-7-14-8-13/h9,14,17H,5-8H2,1-4H3. The molecule has 0 aliphatic carbocycles. The van der Waals surface area contributed by atoms with E-state index in [1.165, 1.54) is 0 Å². The van der Waals surface area contributed by atoms with Gasteiger partial charge in [0.2, 0.25) is 5.82 Å². The van der Waals surface area contributed by atoms with Crippen LogP contribution < -0.4 is 5.32 Å². The van der Waals surface area contributed by atoms with Crippen LogP contribution in [0, 0.1) is 5.41 Å². The Hall–Kier alpha value is -0.980. The molecule has 6 nitrogen and oxygen atoms in total. The molecule has 0 aromatic carbocycles. The molecule has 2 unspecified atom stereocenters. The molecular weight excluding hydrogens is 246 g/mol. The molecule has 1 aliphatic heterocycles. The second kappa shape index (κ2) is 5.19. The summed E-state index contributed by atoms with van der Waals surface area (Å²) in [5.74, 6) is 0.783. The molecule has 1 aliphatic rings. The van der Waals surface area contributed by atoms with Crippen molar-refractivity contribution < 1.29 is 14.4 Å². The van der Waals surface area contributed by atoms with Gasteiger partial charge in [0.1, 0.15) is 6.10 Å².